The van der Waals surface area contributed by atoms with Gasteiger partial charge in [0, 0.05) is 0 Å². The van der Waals surface area contributed by atoms with Crippen LogP contribution >= 0.6 is 0 Å². The molecule has 0 heterocycles. The molecule has 1 aromatic carbocycles. The van der Waals surface area contributed by atoms with E-state index in [0.717, 1.165) is 5.56 Å². The molecular formula is C13H15FO3. The Morgan fingerprint density at radius 3 is 2.71 bits per heavy atom. The van der Waals surface area contributed by atoms with E-state index in [2.05, 4.69) is 4.74 Å². The molecule has 0 aliphatic heterocycles. The van der Waals surface area contributed by atoms with Gasteiger partial charge in [-0.05, 0) is 12.5 Å². The van der Waals surface area contributed by atoms with Gasteiger partial charge in [-0.15, -0.1) is 0 Å². The molecule has 1 rings (SSSR count). The molecule has 17 heavy (non-hydrogen) atoms. The first-order chi connectivity index (χ1) is 8.15. The normalized spacial score (nSPS) is 14.5. The maximum absolute atomic E-state index is 13.3. The van der Waals surface area contributed by atoms with Gasteiger partial charge in [0.1, 0.15) is 6.10 Å². The minimum absolute atomic E-state index is 0.0916. The molecule has 3 nitrogen and oxygen atoms in total. The van der Waals surface area contributed by atoms with Crippen molar-refractivity contribution in [1.29, 1.82) is 0 Å². The maximum Gasteiger partial charge on any atom is 0.343 e. The second kappa shape index (κ2) is 6.81. The average Bonchev–Trinajstić information content (AvgIpc) is 2.36. The Labute approximate surface area is 99.5 Å². The highest BCUT2D eigenvalue weighted by Gasteiger charge is 2.25. The highest BCUT2D eigenvalue weighted by molar-refractivity contribution is 5.75. The standard InChI is InChI=1S/C13H15FO3/c1-2-17-13(16)12(14)11(15)9-8-10-6-4-3-5-7-10/h3-9,11-12,15H,2H2,1H3/b9-8+. The molecule has 92 valence electrons. The van der Waals surface area contributed by atoms with E-state index in [9.17, 15) is 14.3 Å². The zero-order valence-electron chi connectivity index (χ0n) is 9.54. The monoisotopic (exact) mass is 238 g/mol. The summed E-state index contributed by atoms with van der Waals surface area (Å²) in [5.74, 6) is -1.04. The van der Waals surface area contributed by atoms with Crippen molar-refractivity contribution in [3.05, 3.63) is 42.0 Å². The van der Waals surface area contributed by atoms with Gasteiger partial charge in [-0.1, -0.05) is 42.5 Å². The van der Waals surface area contributed by atoms with Crippen molar-refractivity contribution in [2.24, 2.45) is 0 Å². The van der Waals surface area contributed by atoms with Crippen LogP contribution in [-0.2, 0) is 9.53 Å². The molecule has 0 fully saturated rings. The van der Waals surface area contributed by atoms with Crippen LogP contribution in [0.4, 0.5) is 4.39 Å². The van der Waals surface area contributed by atoms with E-state index in [1.807, 2.05) is 18.2 Å². The lowest BCUT2D eigenvalue weighted by Gasteiger charge is -2.10. The molecule has 0 bridgehead atoms. The summed E-state index contributed by atoms with van der Waals surface area (Å²) in [6.07, 6.45) is -0.753. The highest BCUT2D eigenvalue weighted by Crippen LogP contribution is 2.07. The lowest BCUT2D eigenvalue weighted by Crippen LogP contribution is -2.30. The van der Waals surface area contributed by atoms with Crippen LogP contribution in [0.3, 0.4) is 0 Å². The molecular weight excluding hydrogens is 223 g/mol. The van der Waals surface area contributed by atoms with Gasteiger partial charge >= 0.3 is 5.97 Å². The van der Waals surface area contributed by atoms with Crippen molar-refractivity contribution >= 4 is 12.0 Å². The lowest BCUT2D eigenvalue weighted by atomic mass is 10.1. The molecule has 0 aliphatic carbocycles. The summed E-state index contributed by atoms with van der Waals surface area (Å²) < 4.78 is 17.8. The third-order valence-corrected chi connectivity index (χ3v) is 2.10. The van der Waals surface area contributed by atoms with E-state index >= 15 is 0 Å². The van der Waals surface area contributed by atoms with Gasteiger partial charge in [-0.3, -0.25) is 0 Å². The lowest BCUT2D eigenvalue weighted by molar-refractivity contribution is -0.152. The first kappa shape index (κ1) is 13.4. The molecule has 4 heteroatoms. The Morgan fingerprint density at radius 1 is 1.47 bits per heavy atom. The van der Waals surface area contributed by atoms with Crippen molar-refractivity contribution in [3.8, 4) is 0 Å². The first-order valence-electron chi connectivity index (χ1n) is 5.37. The number of halogens is 1. The van der Waals surface area contributed by atoms with Crippen LogP contribution in [0.25, 0.3) is 6.08 Å². The third-order valence-electron chi connectivity index (χ3n) is 2.10. The Morgan fingerprint density at radius 2 is 2.12 bits per heavy atom. The number of hydrogen-bond donors (Lipinski definition) is 1. The number of benzene rings is 1. The van der Waals surface area contributed by atoms with Gasteiger partial charge < -0.3 is 9.84 Å². The number of carbonyl (C=O) groups is 1. The second-order valence-electron chi connectivity index (χ2n) is 3.41. The minimum Gasteiger partial charge on any atom is -0.464 e. The molecule has 0 saturated carbocycles. The summed E-state index contributed by atoms with van der Waals surface area (Å²) in [4.78, 5) is 11.0. The Bertz CT molecular complexity index is 376. The highest BCUT2D eigenvalue weighted by atomic mass is 19.1. The van der Waals surface area contributed by atoms with E-state index in [4.69, 9.17) is 0 Å². The van der Waals surface area contributed by atoms with Gasteiger partial charge in [0.2, 0.25) is 6.17 Å². The maximum atomic E-state index is 13.3. The van der Waals surface area contributed by atoms with Crippen LogP contribution < -0.4 is 0 Å². The first-order valence-corrected chi connectivity index (χ1v) is 5.37. The molecule has 0 radical (unpaired) electrons. The van der Waals surface area contributed by atoms with Crippen molar-refractivity contribution < 1.29 is 19.0 Å². The van der Waals surface area contributed by atoms with Gasteiger partial charge in [-0.2, -0.15) is 0 Å². The molecule has 1 aromatic rings. The fourth-order valence-corrected chi connectivity index (χ4v) is 1.23. The van der Waals surface area contributed by atoms with E-state index in [0.29, 0.717) is 0 Å². The Hall–Kier alpha value is -1.68. The second-order valence-corrected chi connectivity index (χ2v) is 3.41. The van der Waals surface area contributed by atoms with Crippen molar-refractivity contribution in [1.82, 2.24) is 0 Å². The van der Waals surface area contributed by atoms with Crippen molar-refractivity contribution in [2.45, 2.75) is 19.2 Å². The summed E-state index contributed by atoms with van der Waals surface area (Å²) >= 11 is 0. The number of rotatable bonds is 5. The number of esters is 1. The van der Waals surface area contributed by atoms with Gasteiger partial charge in [0.05, 0.1) is 6.61 Å². The Balaban J connectivity index is 2.57. The van der Waals surface area contributed by atoms with Gasteiger partial charge in [0.15, 0.2) is 0 Å². The Kier molecular flexibility index (Phi) is 5.36. The van der Waals surface area contributed by atoms with Crippen LogP contribution in [0.1, 0.15) is 12.5 Å². The van der Waals surface area contributed by atoms with Crippen LogP contribution in [-0.4, -0.2) is 30.0 Å². The topological polar surface area (TPSA) is 46.5 Å². The fraction of sp³-hybridized carbons (Fsp3) is 0.308. The quantitative estimate of drug-likeness (QED) is 0.798. The average molecular weight is 238 g/mol. The van der Waals surface area contributed by atoms with Crippen molar-refractivity contribution in [2.75, 3.05) is 6.61 Å². The number of hydrogen-bond acceptors (Lipinski definition) is 3. The predicted molar refractivity (Wildman–Crippen MR) is 63.0 cm³/mol. The zero-order chi connectivity index (χ0) is 12.7. The molecule has 0 aromatic heterocycles. The number of carbonyl (C=O) groups excluding carboxylic acids is 1. The zero-order valence-corrected chi connectivity index (χ0v) is 9.54. The van der Waals surface area contributed by atoms with Crippen LogP contribution in [0.5, 0.6) is 0 Å². The molecule has 0 spiro atoms. The molecule has 0 amide bonds. The van der Waals surface area contributed by atoms with Gasteiger partial charge in [-0.25, -0.2) is 9.18 Å². The van der Waals surface area contributed by atoms with E-state index in [-0.39, 0.29) is 6.61 Å². The van der Waals surface area contributed by atoms with E-state index in [1.165, 1.54) is 6.08 Å². The van der Waals surface area contributed by atoms with Crippen LogP contribution in [0, 0.1) is 0 Å². The van der Waals surface area contributed by atoms with Gasteiger partial charge in [0.25, 0.3) is 0 Å². The molecule has 1 N–H and O–H groups in total. The van der Waals surface area contributed by atoms with Crippen molar-refractivity contribution in [3.63, 3.8) is 0 Å². The fourth-order valence-electron chi connectivity index (χ4n) is 1.23. The van der Waals surface area contributed by atoms with E-state index < -0.39 is 18.2 Å². The largest absolute Gasteiger partial charge is 0.464 e. The summed E-state index contributed by atoms with van der Waals surface area (Å²) in [6.45, 7) is 1.67. The summed E-state index contributed by atoms with van der Waals surface area (Å²) in [7, 11) is 0. The van der Waals surface area contributed by atoms with Crippen LogP contribution in [0.15, 0.2) is 36.4 Å². The minimum atomic E-state index is -2.05. The molecule has 2 unspecified atom stereocenters. The smallest absolute Gasteiger partial charge is 0.343 e. The number of aliphatic hydroxyl groups excluding tert-OH is 1. The molecule has 2 atom stereocenters. The third kappa shape index (κ3) is 4.36. The molecule has 0 saturated heterocycles. The number of alkyl halides is 1. The summed E-state index contributed by atoms with van der Waals surface area (Å²) in [6, 6.07) is 9.11. The summed E-state index contributed by atoms with van der Waals surface area (Å²) in [5.41, 5.74) is 0.822. The molecule has 0 aliphatic rings. The van der Waals surface area contributed by atoms with E-state index in [1.54, 1.807) is 25.1 Å². The number of ether oxygens (including phenoxy) is 1. The summed E-state index contributed by atoms with van der Waals surface area (Å²) in [5, 5.41) is 9.41. The SMILES string of the molecule is CCOC(=O)C(F)C(O)/C=C/c1ccccc1. The number of aliphatic hydroxyl groups is 1. The van der Waals surface area contributed by atoms with Crippen LogP contribution in [0.2, 0.25) is 0 Å². The predicted octanol–water partition coefficient (Wildman–Crippen LogP) is 1.96.